The van der Waals surface area contributed by atoms with Crippen LogP contribution in [0.25, 0.3) is 11.0 Å². The van der Waals surface area contributed by atoms with Crippen LogP contribution in [-0.2, 0) is 16.1 Å². The highest BCUT2D eigenvalue weighted by Crippen LogP contribution is 2.37. The number of esters is 1. The topological polar surface area (TPSA) is 96.8 Å². The number of methoxy groups -OCH3 is 1. The van der Waals surface area contributed by atoms with Crippen LogP contribution < -0.4 is 5.32 Å². The SMILES string of the molecule is COC(=O)c1ccc2c(c1)NC(=O)C2C(=Nc1ccc(CN(C)C)cc1)c1ccc2nccnc2c1. The summed E-state index contributed by atoms with van der Waals surface area (Å²) in [5, 5.41) is 2.91. The third-order valence-corrected chi connectivity index (χ3v) is 6.03. The van der Waals surface area contributed by atoms with Gasteiger partial charge in [-0.25, -0.2) is 4.79 Å². The lowest BCUT2D eigenvalue weighted by molar-refractivity contribution is -0.115. The third-order valence-electron chi connectivity index (χ3n) is 6.03. The van der Waals surface area contributed by atoms with Gasteiger partial charge in [0.2, 0.25) is 5.91 Å². The second-order valence-corrected chi connectivity index (χ2v) is 8.88. The van der Waals surface area contributed by atoms with Crippen LogP contribution in [0.4, 0.5) is 11.4 Å². The molecule has 0 aliphatic carbocycles. The molecule has 180 valence electrons. The third kappa shape index (κ3) is 4.58. The van der Waals surface area contributed by atoms with Crippen molar-refractivity contribution in [1.29, 1.82) is 0 Å². The van der Waals surface area contributed by atoms with E-state index in [0.29, 0.717) is 22.5 Å². The molecule has 1 aliphatic heterocycles. The van der Waals surface area contributed by atoms with Crippen LogP contribution in [0.2, 0.25) is 0 Å². The van der Waals surface area contributed by atoms with Gasteiger partial charge < -0.3 is 15.0 Å². The van der Waals surface area contributed by atoms with Crippen LogP contribution in [0.3, 0.4) is 0 Å². The van der Waals surface area contributed by atoms with E-state index in [1.54, 1.807) is 30.6 Å². The van der Waals surface area contributed by atoms with Crippen LogP contribution in [0.5, 0.6) is 0 Å². The maximum Gasteiger partial charge on any atom is 0.337 e. The molecule has 1 aliphatic rings. The number of aliphatic imine (C=N–C) groups is 1. The molecule has 0 fully saturated rings. The van der Waals surface area contributed by atoms with Gasteiger partial charge in [0, 0.05) is 24.6 Å². The molecule has 0 saturated carbocycles. The highest BCUT2D eigenvalue weighted by Gasteiger charge is 2.36. The molecule has 1 atom stereocenters. The number of carbonyl (C=O) groups is 2. The Hall–Kier alpha value is -4.43. The zero-order valence-corrected chi connectivity index (χ0v) is 20.2. The predicted molar refractivity (Wildman–Crippen MR) is 139 cm³/mol. The smallest absolute Gasteiger partial charge is 0.337 e. The second-order valence-electron chi connectivity index (χ2n) is 8.88. The van der Waals surface area contributed by atoms with Gasteiger partial charge in [0.05, 0.1) is 35.1 Å². The first kappa shape index (κ1) is 23.3. The van der Waals surface area contributed by atoms with Crippen molar-refractivity contribution in [3.8, 4) is 0 Å². The van der Waals surface area contributed by atoms with E-state index in [9.17, 15) is 9.59 Å². The molecule has 4 aromatic rings. The summed E-state index contributed by atoms with van der Waals surface area (Å²) in [6, 6.07) is 18.7. The van der Waals surface area contributed by atoms with Crippen molar-refractivity contribution in [3.63, 3.8) is 0 Å². The molecule has 2 heterocycles. The number of fused-ring (bicyclic) bond motifs is 2. The Balaban J connectivity index is 1.62. The van der Waals surface area contributed by atoms with Gasteiger partial charge >= 0.3 is 5.97 Å². The van der Waals surface area contributed by atoms with Gasteiger partial charge in [0.1, 0.15) is 5.92 Å². The lowest BCUT2D eigenvalue weighted by Crippen LogP contribution is -2.22. The number of amides is 1. The number of aromatic nitrogens is 2. The molecule has 1 aromatic heterocycles. The Bertz CT molecular complexity index is 1500. The molecular weight excluding hydrogens is 454 g/mol. The molecule has 1 N–H and O–H groups in total. The monoisotopic (exact) mass is 479 g/mol. The average molecular weight is 480 g/mol. The molecule has 1 amide bonds. The van der Waals surface area contributed by atoms with E-state index in [1.165, 1.54) is 12.7 Å². The van der Waals surface area contributed by atoms with E-state index in [1.807, 2.05) is 56.6 Å². The normalized spacial score (nSPS) is 15.2. The van der Waals surface area contributed by atoms with Crippen molar-refractivity contribution in [3.05, 3.63) is 95.3 Å². The summed E-state index contributed by atoms with van der Waals surface area (Å²) in [5.74, 6) is -1.34. The number of nitrogens with one attached hydrogen (secondary N) is 1. The number of rotatable bonds is 6. The molecular formula is C28H25N5O3. The lowest BCUT2D eigenvalue weighted by atomic mass is 9.90. The van der Waals surface area contributed by atoms with Gasteiger partial charge in [0.15, 0.2) is 0 Å². The highest BCUT2D eigenvalue weighted by molar-refractivity contribution is 6.24. The minimum absolute atomic E-state index is 0.214. The fourth-order valence-corrected chi connectivity index (χ4v) is 4.38. The van der Waals surface area contributed by atoms with Crippen LogP contribution in [0, 0.1) is 0 Å². The summed E-state index contributed by atoms with van der Waals surface area (Å²) >= 11 is 0. The molecule has 0 saturated heterocycles. The zero-order valence-electron chi connectivity index (χ0n) is 20.2. The molecule has 0 spiro atoms. The van der Waals surface area contributed by atoms with E-state index >= 15 is 0 Å². The maximum atomic E-state index is 13.3. The summed E-state index contributed by atoms with van der Waals surface area (Å²) in [6.45, 7) is 0.821. The van der Waals surface area contributed by atoms with E-state index in [4.69, 9.17) is 9.73 Å². The number of ether oxygens (including phenoxy) is 1. The molecule has 1 unspecified atom stereocenters. The predicted octanol–water partition coefficient (Wildman–Crippen LogP) is 4.33. The average Bonchev–Trinajstić information content (AvgIpc) is 3.21. The number of anilines is 1. The van der Waals surface area contributed by atoms with Crippen LogP contribution in [-0.4, -0.2) is 53.7 Å². The standard InChI is InChI=1S/C28H25N5O3/c1-33(2)16-17-4-8-20(9-5-17)31-26(18-7-11-22-24(14-18)30-13-12-29-22)25-21-10-6-19(28(35)36-3)15-23(21)32-27(25)34/h4-15,25H,16H2,1-3H3,(H,32,34). The summed E-state index contributed by atoms with van der Waals surface area (Å²) in [7, 11) is 5.37. The minimum atomic E-state index is -0.665. The van der Waals surface area contributed by atoms with E-state index in [-0.39, 0.29) is 5.91 Å². The summed E-state index contributed by atoms with van der Waals surface area (Å²) in [6.07, 6.45) is 3.28. The highest BCUT2D eigenvalue weighted by atomic mass is 16.5. The van der Waals surface area contributed by atoms with E-state index in [2.05, 4.69) is 20.2 Å². The van der Waals surface area contributed by atoms with Crippen molar-refractivity contribution in [2.24, 2.45) is 4.99 Å². The van der Waals surface area contributed by atoms with Crippen molar-refractivity contribution in [1.82, 2.24) is 14.9 Å². The first-order chi connectivity index (χ1) is 17.4. The molecule has 0 bridgehead atoms. The number of hydrogen-bond donors (Lipinski definition) is 1. The second kappa shape index (κ2) is 9.67. The van der Waals surface area contributed by atoms with Gasteiger partial charge in [-0.2, -0.15) is 0 Å². The number of benzene rings is 3. The minimum Gasteiger partial charge on any atom is -0.465 e. The van der Waals surface area contributed by atoms with Crippen LogP contribution in [0.1, 0.15) is 33.0 Å². The van der Waals surface area contributed by atoms with Gasteiger partial charge in [-0.3, -0.25) is 19.8 Å². The Morgan fingerprint density at radius 1 is 0.972 bits per heavy atom. The Labute approximate surface area is 208 Å². The van der Waals surface area contributed by atoms with Gasteiger partial charge in [-0.15, -0.1) is 0 Å². The van der Waals surface area contributed by atoms with Crippen LogP contribution >= 0.6 is 0 Å². The largest absolute Gasteiger partial charge is 0.465 e. The van der Waals surface area contributed by atoms with Crippen molar-refractivity contribution in [2.75, 3.05) is 26.5 Å². The first-order valence-electron chi connectivity index (χ1n) is 11.5. The summed E-state index contributed by atoms with van der Waals surface area (Å²) in [4.78, 5) is 41.1. The number of hydrogen-bond acceptors (Lipinski definition) is 7. The van der Waals surface area contributed by atoms with Crippen LogP contribution in [0.15, 0.2) is 78.0 Å². The van der Waals surface area contributed by atoms with E-state index < -0.39 is 11.9 Å². The first-order valence-corrected chi connectivity index (χ1v) is 11.5. The van der Waals surface area contributed by atoms with Gasteiger partial charge in [-0.05, 0) is 67.2 Å². The lowest BCUT2D eigenvalue weighted by Gasteiger charge is -2.15. The fourth-order valence-electron chi connectivity index (χ4n) is 4.38. The van der Waals surface area contributed by atoms with Crippen molar-refractivity contribution >= 4 is 40.0 Å². The van der Waals surface area contributed by atoms with E-state index in [0.717, 1.165) is 28.9 Å². The van der Waals surface area contributed by atoms with Crippen molar-refractivity contribution in [2.45, 2.75) is 12.5 Å². The quantitative estimate of drug-likeness (QED) is 0.327. The Morgan fingerprint density at radius 2 is 1.69 bits per heavy atom. The maximum absolute atomic E-state index is 13.3. The summed E-state index contributed by atoms with van der Waals surface area (Å²) in [5.41, 5.74) is 6.41. The number of carbonyl (C=O) groups excluding carboxylic acids is 2. The summed E-state index contributed by atoms with van der Waals surface area (Å²) < 4.78 is 4.83. The number of nitrogens with zero attached hydrogens (tertiary/aromatic N) is 4. The Morgan fingerprint density at radius 3 is 2.42 bits per heavy atom. The Kier molecular flexibility index (Phi) is 6.26. The zero-order chi connectivity index (χ0) is 25.2. The molecule has 3 aromatic carbocycles. The molecule has 8 heteroatoms. The van der Waals surface area contributed by atoms with Gasteiger partial charge in [-0.1, -0.05) is 24.3 Å². The molecule has 8 nitrogen and oxygen atoms in total. The van der Waals surface area contributed by atoms with Gasteiger partial charge in [0.25, 0.3) is 0 Å². The fraction of sp³-hybridized carbons (Fsp3) is 0.179. The molecule has 5 rings (SSSR count). The van der Waals surface area contributed by atoms with Crippen molar-refractivity contribution < 1.29 is 14.3 Å². The molecule has 0 radical (unpaired) electrons. The molecule has 36 heavy (non-hydrogen) atoms.